The van der Waals surface area contributed by atoms with E-state index in [1.807, 2.05) is 51.8 Å². The molecule has 0 saturated carbocycles. The number of ether oxygens (including phenoxy) is 3. The second-order valence-electron chi connectivity index (χ2n) is 15.1. The van der Waals surface area contributed by atoms with Crippen LogP contribution in [0.25, 0.3) is 44.2 Å². The summed E-state index contributed by atoms with van der Waals surface area (Å²) in [4.78, 5) is 59.0. The third-order valence-corrected chi connectivity index (χ3v) is 10.9. The highest BCUT2D eigenvalue weighted by molar-refractivity contribution is 6.07. The Balaban J connectivity index is 1.27. The SMILES string of the molecule is CCCC(=O)N(C[C@H](C)COC)[C@@H](C)c1ncc(-c2ccc3c(c2)COc2cc4c(ccc5[nH]c([C@H](C)N(C(=O)[C@H](C)NC(=O)OC)[C@@H](C)CC)nc54)cc2-3)[nH]1. The predicted octanol–water partition coefficient (Wildman–Crippen LogP) is 8.07. The number of aromatic amines is 2. The minimum absolute atomic E-state index is 0.101. The third kappa shape index (κ3) is 8.09. The Kier molecular flexibility index (Phi) is 12.3. The number of nitrogens with zero attached hydrogens (tertiary/aromatic N) is 4. The van der Waals surface area contributed by atoms with Gasteiger partial charge in [0.1, 0.15) is 30.0 Å². The molecular weight excluding hydrogens is 711 g/mol. The van der Waals surface area contributed by atoms with Gasteiger partial charge in [0.25, 0.3) is 0 Å². The van der Waals surface area contributed by atoms with Crippen LogP contribution in [0.5, 0.6) is 5.75 Å². The second kappa shape index (κ2) is 17.2. The fourth-order valence-corrected chi connectivity index (χ4v) is 7.66. The normalized spacial score (nSPS) is 14.9. The van der Waals surface area contributed by atoms with Crippen LogP contribution < -0.4 is 10.1 Å². The van der Waals surface area contributed by atoms with Crippen LogP contribution in [0.1, 0.15) is 97.0 Å². The molecule has 0 saturated heterocycles. The minimum Gasteiger partial charge on any atom is -0.488 e. The van der Waals surface area contributed by atoms with Gasteiger partial charge in [-0.25, -0.2) is 14.8 Å². The van der Waals surface area contributed by atoms with E-state index in [0.717, 1.165) is 74.2 Å². The van der Waals surface area contributed by atoms with Crippen molar-refractivity contribution in [3.05, 3.63) is 65.9 Å². The lowest BCUT2D eigenvalue weighted by Crippen LogP contribution is -2.50. The summed E-state index contributed by atoms with van der Waals surface area (Å²) in [5.41, 5.74) is 6.68. The number of amides is 3. The summed E-state index contributed by atoms with van der Waals surface area (Å²) < 4.78 is 16.5. The van der Waals surface area contributed by atoms with Crippen molar-refractivity contribution in [3.8, 4) is 28.1 Å². The Labute approximate surface area is 328 Å². The number of hydrogen-bond donors (Lipinski definition) is 3. The number of hydrogen-bond acceptors (Lipinski definition) is 8. The van der Waals surface area contributed by atoms with E-state index in [9.17, 15) is 14.4 Å². The zero-order chi connectivity index (χ0) is 40.3. The Hall–Kier alpha value is -5.43. The maximum Gasteiger partial charge on any atom is 0.407 e. The van der Waals surface area contributed by atoms with Crippen LogP contribution in [0.3, 0.4) is 0 Å². The molecule has 6 rings (SSSR count). The highest BCUT2D eigenvalue weighted by Crippen LogP contribution is 2.43. The van der Waals surface area contributed by atoms with Crippen molar-refractivity contribution in [2.24, 2.45) is 5.92 Å². The maximum atomic E-state index is 13.6. The highest BCUT2D eigenvalue weighted by Gasteiger charge is 2.32. The number of H-pyrrole nitrogens is 2. The molecule has 0 unspecified atom stereocenters. The van der Waals surface area contributed by atoms with Gasteiger partial charge in [0.2, 0.25) is 11.8 Å². The van der Waals surface area contributed by atoms with Gasteiger partial charge in [-0.15, -0.1) is 0 Å². The Morgan fingerprint density at radius 1 is 0.946 bits per heavy atom. The maximum absolute atomic E-state index is 13.6. The van der Waals surface area contributed by atoms with Gasteiger partial charge in [-0.1, -0.05) is 39.0 Å². The van der Waals surface area contributed by atoms with Gasteiger partial charge in [0.05, 0.1) is 48.7 Å². The van der Waals surface area contributed by atoms with E-state index in [4.69, 9.17) is 24.2 Å². The lowest BCUT2D eigenvalue weighted by molar-refractivity contribution is -0.138. The van der Waals surface area contributed by atoms with Gasteiger partial charge < -0.3 is 39.3 Å². The quantitative estimate of drug-likeness (QED) is 0.0967. The Morgan fingerprint density at radius 2 is 1.73 bits per heavy atom. The molecular formula is C43H55N7O6. The van der Waals surface area contributed by atoms with E-state index in [-0.39, 0.29) is 29.8 Å². The number of nitrogens with one attached hydrogen (secondary N) is 3. The van der Waals surface area contributed by atoms with Crippen LogP contribution in [0, 0.1) is 5.92 Å². The average molecular weight is 766 g/mol. The molecule has 298 valence electrons. The molecule has 0 bridgehead atoms. The van der Waals surface area contributed by atoms with Crippen LogP contribution in [0.2, 0.25) is 0 Å². The average Bonchev–Trinajstić information content (AvgIpc) is 3.87. The largest absolute Gasteiger partial charge is 0.488 e. The monoisotopic (exact) mass is 765 g/mol. The van der Waals surface area contributed by atoms with Crippen molar-refractivity contribution < 1.29 is 28.6 Å². The minimum atomic E-state index is -0.772. The number of carbonyl (C=O) groups is 3. The van der Waals surface area contributed by atoms with Crippen molar-refractivity contribution in [2.75, 3.05) is 27.4 Å². The van der Waals surface area contributed by atoms with Gasteiger partial charge in [0.15, 0.2) is 0 Å². The summed E-state index contributed by atoms with van der Waals surface area (Å²) in [7, 11) is 2.96. The summed E-state index contributed by atoms with van der Waals surface area (Å²) in [5.74, 6) is 2.26. The first-order valence-electron chi connectivity index (χ1n) is 19.6. The topological polar surface area (TPSA) is 155 Å². The van der Waals surface area contributed by atoms with Crippen molar-refractivity contribution in [1.82, 2.24) is 35.1 Å². The fraction of sp³-hybridized carbons (Fsp3) is 0.465. The van der Waals surface area contributed by atoms with Crippen LogP contribution >= 0.6 is 0 Å². The predicted molar refractivity (Wildman–Crippen MR) is 217 cm³/mol. The lowest BCUT2D eigenvalue weighted by atomic mass is 9.92. The van der Waals surface area contributed by atoms with E-state index in [2.05, 4.69) is 58.6 Å². The summed E-state index contributed by atoms with van der Waals surface area (Å²) >= 11 is 0. The number of methoxy groups -OCH3 is 2. The zero-order valence-corrected chi connectivity index (χ0v) is 34.0. The van der Waals surface area contributed by atoms with Gasteiger partial charge in [-0.05, 0) is 92.8 Å². The third-order valence-electron chi connectivity index (χ3n) is 10.9. The number of alkyl carbamates (subject to hydrolysis) is 1. The molecule has 5 atom stereocenters. The van der Waals surface area contributed by atoms with Crippen molar-refractivity contribution in [3.63, 3.8) is 0 Å². The molecule has 0 fully saturated rings. The molecule has 5 aromatic rings. The summed E-state index contributed by atoms with van der Waals surface area (Å²) in [6.07, 6.45) is 3.18. The zero-order valence-electron chi connectivity index (χ0n) is 34.0. The molecule has 0 radical (unpaired) electrons. The molecule has 1 aliphatic heterocycles. The number of rotatable bonds is 15. The molecule has 3 aromatic carbocycles. The lowest BCUT2D eigenvalue weighted by Gasteiger charge is -2.35. The standard InChI is InChI=1S/C43H55N7O6/c1-10-12-38(51)49(21-24(3)22-54-8)27(6)40-44-20-36(47-40)30-13-15-32-31(17-30)23-56-37-19-33-29(18-34(32)37)14-16-35-39(33)48-41(46-35)28(7)50(25(4)11-2)42(52)26(5)45-43(53)55-9/h13-20,24-28H,10-12,21-23H2,1-9H3,(H,44,47)(H,45,53)(H,46,48)/t24-,25-,26-,27-,28-/m0/s1. The molecule has 3 heterocycles. The first-order chi connectivity index (χ1) is 26.9. The number of carbonyl (C=O) groups excluding carboxylic acids is 3. The summed E-state index contributed by atoms with van der Waals surface area (Å²) in [6.45, 7) is 15.3. The summed E-state index contributed by atoms with van der Waals surface area (Å²) in [5, 5.41) is 4.56. The van der Waals surface area contributed by atoms with E-state index >= 15 is 0 Å². The molecule has 13 nitrogen and oxygen atoms in total. The Morgan fingerprint density at radius 3 is 2.45 bits per heavy atom. The van der Waals surface area contributed by atoms with E-state index in [1.165, 1.54) is 7.11 Å². The summed E-state index contributed by atoms with van der Waals surface area (Å²) in [6, 6.07) is 13.2. The van der Waals surface area contributed by atoms with E-state index < -0.39 is 18.2 Å². The highest BCUT2D eigenvalue weighted by atomic mass is 16.5. The van der Waals surface area contributed by atoms with Gasteiger partial charge in [0, 0.05) is 37.1 Å². The van der Waals surface area contributed by atoms with Gasteiger partial charge in [-0.2, -0.15) is 0 Å². The van der Waals surface area contributed by atoms with Crippen molar-refractivity contribution in [1.29, 1.82) is 0 Å². The Bertz CT molecular complexity index is 2210. The number of imidazole rings is 2. The molecule has 2 aromatic heterocycles. The van der Waals surface area contributed by atoms with Crippen LogP contribution in [0.4, 0.5) is 4.79 Å². The van der Waals surface area contributed by atoms with Crippen molar-refractivity contribution >= 4 is 39.7 Å². The molecule has 0 spiro atoms. The first kappa shape index (κ1) is 40.2. The molecule has 3 N–H and O–H groups in total. The smallest absolute Gasteiger partial charge is 0.407 e. The second-order valence-corrected chi connectivity index (χ2v) is 15.1. The fourth-order valence-electron chi connectivity index (χ4n) is 7.66. The number of fused-ring (bicyclic) bond motifs is 6. The van der Waals surface area contributed by atoms with Crippen molar-refractivity contribution in [2.45, 2.75) is 98.5 Å². The van der Waals surface area contributed by atoms with Crippen LogP contribution in [0.15, 0.2) is 48.7 Å². The van der Waals surface area contributed by atoms with E-state index in [0.29, 0.717) is 32.0 Å². The van der Waals surface area contributed by atoms with Crippen LogP contribution in [-0.2, 0) is 25.7 Å². The van der Waals surface area contributed by atoms with Gasteiger partial charge >= 0.3 is 6.09 Å². The molecule has 1 aliphatic rings. The molecule has 13 heteroatoms. The number of benzene rings is 3. The number of aromatic nitrogens is 4. The van der Waals surface area contributed by atoms with E-state index in [1.54, 1.807) is 18.9 Å². The molecule has 0 aliphatic carbocycles. The molecule has 56 heavy (non-hydrogen) atoms. The molecule has 3 amide bonds. The van der Waals surface area contributed by atoms with Gasteiger partial charge in [-0.3, -0.25) is 9.59 Å². The first-order valence-corrected chi connectivity index (χ1v) is 19.6. The van der Waals surface area contributed by atoms with Crippen LogP contribution in [-0.4, -0.2) is 87.1 Å².